The quantitative estimate of drug-likeness (QED) is 0.449. The van der Waals surface area contributed by atoms with E-state index < -0.39 is 5.41 Å². The van der Waals surface area contributed by atoms with Gasteiger partial charge < -0.3 is 10.1 Å². The standard InChI is InChI=1S/C24H31NO2S/c1-23(2,3)17-8-11-19(12-9-17)28-15-7-6-14-27-18-10-13-21-20(16-18)24(4,5)22(26)25-21/h8-13,16H,6-7,14-15H2,1-5H3,(H,25,26). The monoisotopic (exact) mass is 397 g/mol. The van der Waals surface area contributed by atoms with Gasteiger partial charge in [0.05, 0.1) is 12.0 Å². The molecule has 0 aliphatic carbocycles. The Morgan fingerprint density at radius 3 is 2.43 bits per heavy atom. The summed E-state index contributed by atoms with van der Waals surface area (Å²) < 4.78 is 5.92. The summed E-state index contributed by atoms with van der Waals surface area (Å²) in [4.78, 5) is 13.4. The Hall–Kier alpha value is -1.94. The summed E-state index contributed by atoms with van der Waals surface area (Å²) in [7, 11) is 0. The summed E-state index contributed by atoms with van der Waals surface area (Å²) in [6.07, 6.45) is 2.13. The van der Waals surface area contributed by atoms with Gasteiger partial charge >= 0.3 is 0 Å². The molecule has 1 aliphatic rings. The van der Waals surface area contributed by atoms with E-state index >= 15 is 0 Å². The minimum atomic E-state index is -0.492. The number of benzene rings is 2. The molecule has 3 nitrogen and oxygen atoms in total. The lowest BCUT2D eigenvalue weighted by atomic mass is 9.86. The van der Waals surface area contributed by atoms with Crippen LogP contribution in [0.15, 0.2) is 47.4 Å². The summed E-state index contributed by atoms with van der Waals surface area (Å²) in [5.74, 6) is 1.98. The molecule has 2 aromatic rings. The molecule has 0 spiro atoms. The van der Waals surface area contributed by atoms with Crippen LogP contribution in [0.5, 0.6) is 5.75 Å². The molecule has 0 saturated heterocycles. The zero-order valence-electron chi connectivity index (χ0n) is 17.6. The average molecular weight is 398 g/mol. The SMILES string of the molecule is CC(C)(C)c1ccc(SCCCCOc2ccc3c(c2)C(C)(C)C(=O)N3)cc1. The topological polar surface area (TPSA) is 38.3 Å². The van der Waals surface area contributed by atoms with Gasteiger partial charge in [0.2, 0.25) is 5.91 Å². The molecule has 4 heteroatoms. The number of ether oxygens (including phenoxy) is 1. The second kappa shape index (κ2) is 8.20. The first-order chi connectivity index (χ1) is 13.2. The third-order valence-corrected chi connectivity index (χ3v) is 6.38. The van der Waals surface area contributed by atoms with Crippen molar-refractivity contribution in [3.8, 4) is 5.75 Å². The number of nitrogens with one attached hydrogen (secondary N) is 1. The summed E-state index contributed by atoms with van der Waals surface area (Å²) in [6.45, 7) is 11.3. The highest BCUT2D eigenvalue weighted by atomic mass is 32.2. The molecule has 0 bridgehead atoms. The van der Waals surface area contributed by atoms with Crippen LogP contribution in [0.4, 0.5) is 5.69 Å². The van der Waals surface area contributed by atoms with E-state index in [-0.39, 0.29) is 11.3 Å². The molecule has 28 heavy (non-hydrogen) atoms. The van der Waals surface area contributed by atoms with Gasteiger partial charge in [-0.3, -0.25) is 4.79 Å². The van der Waals surface area contributed by atoms with Crippen LogP contribution < -0.4 is 10.1 Å². The van der Waals surface area contributed by atoms with E-state index in [2.05, 4.69) is 50.4 Å². The average Bonchev–Trinajstić information content (AvgIpc) is 2.87. The first-order valence-corrected chi connectivity index (χ1v) is 11.0. The van der Waals surface area contributed by atoms with Crippen LogP contribution >= 0.6 is 11.8 Å². The van der Waals surface area contributed by atoms with E-state index in [4.69, 9.17) is 4.74 Å². The first kappa shape index (κ1) is 20.8. The van der Waals surface area contributed by atoms with E-state index in [1.165, 1.54) is 10.5 Å². The third-order valence-electron chi connectivity index (χ3n) is 5.28. The molecule has 0 radical (unpaired) electrons. The Morgan fingerprint density at radius 1 is 1.04 bits per heavy atom. The Labute approximate surface area is 173 Å². The van der Waals surface area contributed by atoms with Crippen molar-refractivity contribution >= 4 is 23.4 Å². The fourth-order valence-electron chi connectivity index (χ4n) is 3.28. The fraction of sp³-hybridized carbons (Fsp3) is 0.458. The van der Waals surface area contributed by atoms with E-state index in [0.29, 0.717) is 6.61 Å². The van der Waals surface area contributed by atoms with Crippen molar-refractivity contribution in [1.82, 2.24) is 0 Å². The Morgan fingerprint density at radius 2 is 1.75 bits per heavy atom. The van der Waals surface area contributed by atoms with Gasteiger partial charge in [-0.15, -0.1) is 11.8 Å². The predicted octanol–water partition coefficient (Wildman–Crippen LogP) is 6.17. The van der Waals surface area contributed by atoms with Crippen molar-refractivity contribution in [3.63, 3.8) is 0 Å². The maximum absolute atomic E-state index is 12.0. The van der Waals surface area contributed by atoms with Crippen LogP contribution in [0.1, 0.15) is 58.6 Å². The zero-order valence-corrected chi connectivity index (χ0v) is 18.4. The van der Waals surface area contributed by atoms with Gasteiger partial charge in [-0.25, -0.2) is 0 Å². The van der Waals surface area contributed by atoms with Gasteiger partial charge in [-0.05, 0) is 79.3 Å². The number of carbonyl (C=O) groups excluding carboxylic acids is 1. The van der Waals surface area contributed by atoms with Crippen molar-refractivity contribution in [2.75, 3.05) is 17.7 Å². The summed E-state index contributed by atoms with van der Waals surface area (Å²) in [5, 5.41) is 2.93. The first-order valence-electron chi connectivity index (χ1n) is 10.00. The van der Waals surface area contributed by atoms with Gasteiger partial charge in [0.1, 0.15) is 5.75 Å². The van der Waals surface area contributed by atoms with Crippen molar-refractivity contribution in [1.29, 1.82) is 0 Å². The number of anilines is 1. The van der Waals surface area contributed by atoms with Crippen LogP contribution in [0.25, 0.3) is 0 Å². The van der Waals surface area contributed by atoms with E-state index in [1.807, 2.05) is 43.8 Å². The molecule has 0 atom stereocenters. The highest BCUT2D eigenvalue weighted by Gasteiger charge is 2.38. The fourth-order valence-corrected chi connectivity index (χ4v) is 4.19. The third kappa shape index (κ3) is 4.72. The predicted molar refractivity (Wildman–Crippen MR) is 119 cm³/mol. The zero-order chi connectivity index (χ0) is 20.4. The van der Waals surface area contributed by atoms with Crippen LogP contribution in [0, 0.1) is 0 Å². The number of rotatable bonds is 7. The van der Waals surface area contributed by atoms with Crippen LogP contribution in [0.3, 0.4) is 0 Å². The summed E-state index contributed by atoms with van der Waals surface area (Å²) in [6, 6.07) is 14.8. The maximum atomic E-state index is 12.0. The molecule has 1 amide bonds. The van der Waals surface area contributed by atoms with Crippen molar-refractivity contribution in [2.24, 2.45) is 0 Å². The molecule has 150 valence electrons. The second-order valence-electron chi connectivity index (χ2n) is 8.96. The molecule has 0 aromatic heterocycles. The van der Waals surface area contributed by atoms with Gasteiger partial charge in [0, 0.05) is 10.6 Å². The molecule has 0 unspecified atom stereocenters. The summed E-state index contributed by atoms with van der Waals surface area (Å²) >= 11 is 1.90. The number of unbranched alkanes of at least 4 members (excludes halogenated alkanes) is 1. The minimum absolute atomic E-state index is 0.0483. The van der Waals surface area contributed by atoms with Crippen LogP contribution in [-0.4, -0.2) is 18.3 Å². The minimum Gasteiger partial charge on any atom is -0.494 e. The van der Waals surface area contributed by atoms with Gasteiger partial charge in [-0.1, -0.05) is 32.9 Å². The molecule has 1 aliphatic heterocycles. The van der Waals surface area contributed by atoms with E-state index in [9.17, 15) is 4.79 Å². The molecule has 0 saturated carbocycles. The van der Waals surface area contributed by atoms with Crippen molar-refractivity contribution in [3.05, 3.63) is 53.6 Å². The maximum Gasteiger partial charge on any atom is 0.234 e. The number of hydrogen-bond donors (Lipinski definition) is 1. The molecular weight excluding hydrogens is 366 g/mol. The number of carbonyl (C=O) groups is 1. The van der Waals surface area contributed by atoms with E-state index in [1.54, 1.807) is 0 Å². The normalized spacial score (nSPS) is 15.2. The Balaban J connectivity index is 1.40. The lowest BCUT2D eigenvalue weighted by molar-refractivity contribution is -0.119. The lowest BCUT2D eigenvalue weighted by Crippen LogP contribution is -2.26. The molecule has 1 heterocycles. The number of hydrogen-bond acceptors (Lipinski definition) is 3. The molecular formula is C24H31NO2S. The summed E-state index contributed by atoms with van der Waals surface area (Å²) in [5.41, 5.74) is 3.00. The number of fused-ring (bicyclic) bond motifs is 1. The molecule has 1 N–H and O–H groups in total. The number of thioether (sulfide) groups is 1. The van der Waals surface area contributed by atoms with Gasteiger partial charge in [0.25, 0.3) is 0 Å². The lowest BCUT2D eigenvalue weighted by Gasteiger charge is -2.19. The Bertz CT molecular complexity index is 835. The van der Waals surface area contributed by atoms with Crippen molar-refractivity contribution in [2.45, 2.75) is 63.2 Å². The largest absolute Gasteiger partial charge is 0.494 e. The van der Waals surface area contributed by atoms with Gasteiger partial charge in [0.15, 0.2) is 0 Å². The Kier molecular flexibility index (Phi) is 6.09. The van der Waals surface area contributed by atoms with Gasteiger partial charge in [-0.2, -0.15) is 0 Å². The smallest absolute Gasteiger partial charge is 0.234 e. The van der Waals surface area contributed by atoms with Crippen molar-refractivity contribution < 1.29 is 9.53 Å². The number of amides is 1. The van der Waals surface area contributed by atoms with E-state index in [0.717, 1.165) is 35.6 Å². The molecule has 0 fully saturated rings. The molecule has 2 aromatic carbocycles. The van der Waals surface area contributed by atoms with Crippen LogP contribution in [0.2, 0.25) is 0 Å². The van der Waals surface area contributed by atoms with Crippen LogP contribution in [-0.2, 0) is 15.6 Å². The highest BCUT2D eigenvalue weighted by molar-refractivity contribution is 7.99. The second-order valence-corrected chi connectivity index (χ2v) is 10.1. The highest BCUT2D eigenvalue weighted by Crippen LogP contribution is 2.39. The molecule has 3 rings (SSSR count).